The quantitative estimate of drug-likeness (QED) is 0.435. The predicted molar refractivity (Wildman–Crippen MR) is 121 cm³/mol. The summed E-state index contributed by atoms with van der Waals surface area (Å²) in [5, 5.41) is 3.76. The number of carbonyl (C=O) groups excluding carboxylic acids is 2. The molecule has 0 bridgehead atoms. The van der Waals surface area contributed by atoms with Gasteiger partial charge in [-0.1, -0.05) is 60.7 Å². The number of anilines is 1. The van der Waals surface area contributed by atoms with Gasteiger partial charge in [-0.2, -0.15) is 0 Å². The van der Waals surface area contributed by atoms with Gasteiger partial charge in [-0.3, -0.25) is 4.79 Å². The third kappa shape index (κ3) is 3.70. The van der Waals surface area contributed by atoms with Crippen LogP contribution in [0.15, 0.2) is 78.9 Å². The van der Waals surface area contributed by atoms with Crippen molar-refractivity contribution in [1.29, 1.82) is 0 Å². The molecule has 1 fully saturated rings. The lowest BCUT2D eigenvalue weighted by atomic mass is 10.1. The minimum atomic E-state index is -0.437. The number of aromatic nitrogens is 1. The Morgan fingerprint density at radius 1 is 0.968 bits per heavy atom. The zero-order valence-electron chi connectivity index (χ0n) is 17.1. The molecule has 3 aromatic carbocycles. The molecule has 1 aliphatic rings. The van der Waals surface area contributed by atoms with Gasteiger partial charge in [0.15, 0.2) is 0 Å². The molecule has 2 N–H and O–H groups in total. The first-order valence-electron chi connectivity index (χ1n) is 10.3. The molecule has 0 saturated heterocycles. The monoisotopic (exact) mass is 410 g/mol. The van der Waals surface area contributed by atoms with E-state index in [0.717, 1.165) is 28.6 Å². The van der Waals surface area contributed by atoms with Gasteiger partial charge >= 0.3 is 5.97 Å². The minimum Gasteiger partial charge on any atom is -0.465 e. The highest BCUT2D eigenvalue weighted by molar-refractivity contribution is 6.08. The molecule has 4 aromatic rings. The van der Waals surface area contributed by atoms with E-state index in [1.165, 1.54) is 12.7 Å². The van der Waals surface area contributed by atoms with E-state index in [9.17, 15) is 9.59 Å². The zero-order chi connectivity index (χ0) is 21.4. The highest BCUT2D eigenvalue weighted by Crippen LogP contribution is 2.48. The summed E-state index contributed by atoms with van der Waals surface area (Å²) in [7, 11) is 1.36. The van der Waals surface area contributed by atoms with Gasteiger partial charge in [0.25, 0.3) is 0 Å². The summed E-state index contributed by atoms with van der Waals surface area (Å²) >= 11 is 0. The van der Waals surface area contributed by atoms with Gasteiger partial charge in [0.2, 0.25) is 5.91 Å². The Labute approximate surface area is 180 Å². The largest absolute Gasteiger partial charge is 0.465 e. The van der Waals surface area contributed by atoms with Crippen LogP contribution in [0, 0.1) is 5.92 Å². The molecule has 5 nitrogen and oxygen atoms in total. The molecule has 0 radical (unpaired) electrons. The maximum absolute atomic E-state index is 12.8. The first-order valence-corrected chi connectivity index (χ1v) is 10.3. The Morgan fingerprint density at radius 3 is 2.39 bits per heavy atom. The van der Waals surface area contributed by atoms with E-state index < -0.39 is 5.97 Å². The van der Waals surface area contributed by atoms with Crippen molar-refractivity contribution >= 4 is 28.5 Å². The van der Waals surface area contributed by atoms with E-state index in [1.54, 1.807) is 6.07 Å². The number of hydrogen-bond donors (Lipinski definition) is 2. The first-order chi connectivity index (χ1) is 15.1. The lowest BCUT2D eigenvalue weighted by Gasteiger charge is -2.08. The van der Waals surface area contributed by atoms with Crippen LogP contribution in [0.5, 0.6) is 0 Å². The van der Waals surface area contributed by atoms with Crippen LogP contribution in [0.2, 0.25) is 0 Å². The maximum atomic E-state index is 12.8. The molecular formula is C26H22N2O3. The van der Waals surface area contributed by atoms with Crippen molar-refractivity contribution in [1.82, 2.24) is 4.98 Å². The van der Waals surface area contributed by atoms with Crippen molar-refractivity contribution in [2.75, 3.05) is 12.4 Å². The molecule has 1 saturated carbocycles. The van der Waals surface area contributed by atoms with E-state index in [4.69, 9.17) is 4.74 Å². The second kappa shape index (κ2) is 7.76. The fourth-order valence-corrected chi connectivity index (χ4v) is 4.15. The number of methoxy groups -OCH3 is 1. The summed E-state index contributed by atoms with van der Waals surface area (Å²) in [6, 6.07) is 25.5. The highest BCUT2D eigenvalue weighted by atomic mass is 16.5. The third-order valence-corrected chi connectivity index (χ3v) is 5.85. The van der Waals surface area contributed by atoms with Crippen molar-refractivity contribution in [3.05, 3.63) is 90.0 Å². The summed E-state index contributed by atoms with van der Waals surface area (Å²) in [5.41, 5.74) is 4.87. The fourth-order valence-electron chi connectivity index (χ4n) is 4.15. The summed E-state index contributed by atoms with van der Waals surface area (Å²) in [6.45, 7) is 0. The molecule has 0 spiro atoms. The lowest BCUT2D eigenvalue weighted by Crippen LogP contribution is -2.15. The Hall–Kier alpha value is -3.86. The minimum absolute atomic E-state index is 0.0288. The van der Waals surface area contributed by atoms with Crippen molar-refractivity contribution < 1.29 is 14.3 Å². The van der Waals surface area contributed by atoms with Crippen LogP contribution in [-0.4, -0.2) is 24.0 Å². The van der Waals surface area contributed by atoms with Crippen LogP contribution in [0.4, 0.5) is 5.69 Å². The van der Waals surface area contributed by atoms with Crippen LogP contribution < -0.4 is 5.32 Å². The molecule has 0 aliphatic heterocycles. The number of rotatable bonds is 5. The number of benzene rings is 3. The molecule has 154 valence electrons. The average molecular weight is 410 g/mol. The number of aromatic amines is 1. The number of hydrogen-bond acceptors (Lipinski definition) is 3. The van der Waals surface area contributed by atoms with E-state index >= 15 is 0 Å². The molecule has 5 heteroatoms. The van der Waals surface area contributed by atoms with Crippen LogP contribution >= 0.6 is 0 Å². The molecule has 1 unspecified atom stereocenters. The molecule has 1 amide bonds. The molecule has 1 aromatic heterocycles. The topological polar surface area (TPSA) is 71.2 Å². The van der Waals surface area contributed by atoms with Crippen molar-refractivity contribution in [2.24, 2.45) is 5.92 Å². The lowest BCUT2D eigenvalue weighted by molar-refractivity contribution is -0.117. The number of esters is 1. The summed E-state index contributed by atoms with van der Waals surface area (Å²) in [5.74, 6) is -0.268. The zero-order valence-corrected chi connectivity index (χ0v) is 17.1. The van der Waals surface area contributed by atoms with Crippen LogP contribution in [-0.2, 0) is 9.53 Å². The number of amides is 1. The van der Waals surface area contributed by atoms with Gasteiger partial charge in [-0.15, -0.1) is 0 Å². The second-order valence-corrected chi connectivity index (χ2v) is 7.87. The molecule has 2 atom stereocenters. The Balaban J connectivity index is 1.45. The van der Waals surface area contributed by atoms with Gasteiger partial charge in [-0.25, -0.2) is 4.79 Å². The Morgan fingerprint density at radius 2 is 1.68 bits per heavy atom. The van der Waals surface area contributed by atoms with E-state index in [-0.39, 0.29) is 17.7 Å². The van der Waals surface area contributed by atoms with Crippen molar-refractivity contribution in [2.45, 2.75) is 12.3 Å². The standard InChI is InChI=1S/C26H22N2O3/c1-31-26(30)22-12-18(27-25(29)21-14-19(21)16-8-4-2-5-9-16)13-24-20(22)15-23(28-24)17-10-6-3-7-11-17/h2-13,15,19,21,28H,14H2,1H3,(H,27,29)/t19-,21?/m0/s1. The predicted octanol–water partition coefficient (Wildman–Crippen LogP) is 5.36. The summed E-state index contributed by atoms with van der Waals surface area (Å²) in [6.07, 6.45) is 0.836. The van der Waals surface area contributed by atoms with Crippen LogP contribution in [0.3, 0.4) is 0 Å². The number of H-pyrrole nitrogens is 1. The third-order valence-electron chi connectivity index (χ3n) is 5.85. The highest BCUT2D eigenvalue weighted by Gasteiger charge is 2.43. The second-order valence-electron chi connectivity index (χ2n) is 7.87. The van der Waals surface area contributed by atoms with Gasteiger partial charge in [-0.05, 0) is 41.7 Å². The first kappa shape index (κ1) is 19.1. The number of ether oxygens (including phenoxy) is 1. The van der Waals surface area contributed by atoms with Crippen LogP contribution in [0.25, 0.3) is 22.2 Å². The summed E-state index contributed by atoms with van der Waals surface area (Å²) in [4.78, 5) is 28.6. The van der Waals surface area contributed by atoms with Gasteiger partial charge < -0.3 is 15.0 Å². The molecule has 31 heavy (non-hydrogen) atoms. The van der Waals surface area contributed by atoms with E-state index in [1.807, 2.05) is 60.7 Å². The number of nitrogens with one attached hydrogen (secondary N) is 2. The smallest absolute Gasteiger partial charge is 0.338 e. The average Bonchev–Trinajstić information content (AvgIpc) is 3.51. The molecule has 1 aliphatic carbocycles. The normalized spacial score (nSPS) is 17.3. The van der Waals surface area contributed by atoms with Gasteiger partial charge in [0.1, 0.15) is 0 Å². The maximum Gasteiger partial charge on any atom is 0.338 e. The Kier molecular flexibility index (Phi) is 4.79. The SMILES string of the molecule is COC(=O)c1cc(NC(=O)C2C[C@H]2c2ccccc2)cc2[nH]c(-c3ccccc3)cc12. The molecular weight excluding hydrogens is 388 g/mol. The van der Waals surface area contributed by atoms with Crippen LogP contribution in [0.1, 0.15) is 28.3 Å². The fraction of sp³-hybridized carbons (Fsp3) is 0.154. The number of carbonyl (C=O) groups is 2. The van der Waals surface area contributed by atoms with Crippen molar-refractivity contribution in [3.8, 4) is 11.3 Å². The Bertz CT molecular complexity index is 1260. The number of fused-ring (bicyclic) bond motifs is 1. The summed E-state index contributed by atoms with van der Waals surface area (Å²) < 4.78 is 4.99. The van der Waals surface area contributed by atoms with Gasteiger partial charge in [0.05, 0.1) is 12.7 Å². The van der Waals surface area contributed by atoms with Crippen molar-refractivity contribution in [3.63, 3.8) is 0 Å². The molecule has 5 rings (SSSR count). The van der Waals surface area contributed by atoms with E-state index in [2.05, 4.69) is 22.4 Å². The van der Waals surface area contributed by atoms with E-state index in [0.29, 0.717) is 11.3 Å². The van der Waals surface area contributed by atoms with Gasteiger partial charge in [0, 0.05) is 28.2 Å². The molecule has 1 heterocycles.